The lowest BCUT2D eigenvalue weighted by molar-refractivity contribution is -0.134. The van der Waals surface area contributed by atoms with E-state index >= 15 is 0 Å². The quantitative estimate of drug-likeness (QED) is 0.589. The van der Waals surface area contributed by atoms with Crippen molar-refractivity contribution in [3.8, 4) is 5.69 Å². The van der Waals surface area contributed by atoms with Gasteiger partial charge in [0.05, 0.1) is 18.4 Å². The number of hydrogen-bond donors (Lipinski definition) is 0. The molecule has 0 aliphatic carbocycles. The molecule has 1 amide bonds. The second-order valence-electron chi connectivity index (χ2n) is 8.87. The average molecular weight is 442 g/mol. The third-order valence-corrected chi connectivity index (χ3v) is 6.60. The molecule has 33 heavy (non-hydrogen) atoms. The Balaban J connectivity index is 1.09. The number of rotatable bonds is 6. The van der Waals surface area contributed by atoms with Crippen molar-refractivity contribution in [3.63, 3.8) is 0 Å². The SMILES string of the molecule is O=C(CN1CC=C(c2cnn(-c3ccccc3)c2)CC1)N1CCN(Cc2ccccc2)CC1. The number of piperazine rings is 1. The number of amides is 1. The molecule has 0 unspecified atom stereocenters. The maximum absolute atomic E-state index is 12.9. The Morgan fingerprint density at radius 1 is 0.848 bits per heavy atom. The molecule has 0 radical (unpaired) electrons. The zero-order valence-corrected chi connectivity index (χ0v) is 19.0. The van der Waals surface area contributed by atoms with Gasteiger partial charge in [-0.2, -0.15) is 5.10 Å². The summed E-state index contributed by atoms with van der Waals surface area (Å²) in [4.78, 5) is 19.6. The molecule has 0 bridgehead atoms. The molecule has 1 aromatic heterocycles. The molecule has 3 heterocycles. The zero-order valence-electron chi connectivity index (χ0n) is 19.0. The lowest BCUT2D eigenvalue weighted by atomic mass is 10.0. The van der Waals surface area contributed by atoms with E-state index in [2.05, 4.69) is 69.6 Å². The van der Waals surface area contributed by atoms with Crippen LogP contribution in [0.4, 0.5) is 0 Å². The van der Waals surface area contributed by atoms with Gasteiger partial charge < -0.3 is 4.90 Å². The summed E-state index contributed by atoms with van der Waals surface area (Å²) in [5.74, 6) is 0.253. The van der Waals surface area contributed by atoms with E-state index in [1.165, 1.54) is 16.7 Å². The summed E-state index contributed by atoms with van der Waals surface area (Å²) in [6, 6.07) is 20.7. The van der Waals surface area contributed by atoms with E-state index in [0.29, 0.717) is 6.54 Å². The van der Waals surface area contributed by atoms with E-state index in [9.17, 15) is 4.79 Å². The molecule has 0 saturated carbocycles. The highest BCUT2D eigenvalue weighted by atomic mass is 16.2. The fourth-order valence-electron chi connectivity index (χ4n) is 4.62. The predicted octanol–water partition coefficient (Wildman–Crippen LogP) is 3.31. The average Bonchev–Trinajstić information content (AvgIpc) is 3.37. The van der Waals surface area contributed by atoms with E-state index in [1.807, 2.05) is 34.0 Å². The van der Waals surface area contributed by atoms with Gasteiger partial charge in [-0.05, 0) is 29.7 Å². The monoisotopic (exact) mass is 441 g/mol. The van der Waals surface area contributed by atoms with Crippen molar-refractivity contribution in [3.05, 3.63) is 90.3 Å². The van der Waals surface area contributed by atoms with Crippen molar-refractivity contribution in [1.29, 1.82) is 0 Å². The van der Waals surface area contributed by atoms with Crippen LogP contribution in [0.2, 0.25) is 0 Å². The van der Waals surface area contributed by atoms with Crippen LogP contribution in [0.5, 0.6) is 0 Å². The van der Waals surface area contributed by atoms with Gasteiger partial charge in [0.25, 0.3) is 0 Å². The van der Waals surface area contributed by atoms with Gasteiger partial charge in [0, 0.05) is 57.6 Å². The maximum atomic E-state index is 12.9. The van der Waals surface area contributed by atoms with Crippen molar-refractivity contribution in [1.82, 2.24) is 24.5 Å². The van der Waals surface area contributed by atoms with Crippen molar-refractivity contribution in [2.24, 2.45) is 0 Å². The van der Waals surface area contributed by atoms with Gasteiger partial charge in [-0.15, -0.1) is 0 Å². The van der Waals surface area contributed by atoms with Crippen molar-refractivity contribution in [2.45, 2.75) is 13.0 Å². The third kappa shape index (κ3) is 5.41. The largest absolute Gasteiger partial charge is 0.339 e. The molecule has 5 rings (SSSR count). The third-order valence-electron chi connectivity index (χ3n) is 6.60. The van der Waals surface area contributed by atoms with Gasteiger partial charge in [-0.1, -0.05) is 54.6 Å². The molecule has 2 aliphatic heterocycles. The highest BCUT2D eigenvalue weighted by Gasteiger charge is 2.24. The molecular weight excluding hydrogens is 410 g/mol. The molecule has 1 saturated heterocycles. The summed E-state index contributed by atoms with van der Waals surface area (Å²) < 4.78 is 1.92. The van der Waals surface area contributed by atoms with Gasteiger partial charge in [0.2, 0.25) is 5.91 Å². The second-order valence-corrected chi connectivity index (χ2v) is 8.87. The molecule has 3 aromatic rings. The molecule has 6 nitrogen and oxygen atoms in total. The molecule has 0 atom stereocenters. The molecule has 1 fully saturated rings. The van der Waals surface area contributed by atoms with Crippen LogP contribution in [0.15, 0.2) is 79.1 Å². The molecule has 6 heteroatoms. The first kappa shape index (κ1) is 21.6. The van der Waals surface area contributed by atoms with E-state index in [1.54, 1.807) is 0 Å². The summed E-state index contributed by atoms with van der Waals surface area (Å²) in [7, 11) is 0. The lowest BCUT2D eigenvalue weighted by Crippen LogP contribution is -2.51. The number of nitrogens with zero attached hydrogens (tertiary/aromatic N) is 5. The minimum Gasteiger partial charge on any atom is -0.339 e. The standard InChI is InChI=1S/C27H31N5O/c33-27(31-17-15-30(16-18-31)20-23-7-3-1-4-8-23)22-29-13-11-24(12-14-29)25-19-28-32(21-25)26-9-5-2-6-10-26/h1-11,19,21H,12-18,20,22H2. The van der Waals surface area contributed by atoms with E-state index in [-0.39, 0.29) is 5.91 Å². The maximum Gasteiger partial charge on any atom is 0.236 e. The predicted molar refractivity (Wildman–Crippen MR) is 131 cm³/mol. The molecule has 0 spiro atoms. The van der Waals surface area contributed by atoms with Crippen LogP contribution in [-0.4, -0.2) is 76.2 Å². The number of carbonyl (C=O) groups excluding carboxylic acids is 1. The fraction of sp³-hybridized carbons (Fsp3) is 0.333. The van der Waals surface area contributed by atoms with Crippen molar-refractivity contribution >= 4 is 11.5 Å². The Morgan fingerprint density at radius 3 is 2.27 bits per heavy atom. The Labute approximate surface area is 195 Å². The van der Waals surface area contributed by atoms with Crippen LogP contribution >= 0.6 is 0 Å². The van der Waals surface area contributed by atoms with Gasteiger partial charge in [-0.3, -0.25) is 14.6 Å². The number of benzene rings is 2. The summed E-state index contributed by atoms with van der Waals surface area (Å²) in [5, 5.41) is 4.52. The summed E-state index contributed by atoms with van der Waals surface area (Å²) in [5.41, 5.74) is 4.88. The van der Waals surface area contributed by atoms with Crippen LogP contribution < -0.4 is 0 Å². The van der Waals surface area contributed by atoms with E-state index in [4.69, 9.17) is 0 Å². The van der Waals surface area contributed by atoms with Crippen molar-refractivity contribution in [2.75, 3.05) is 45.8 Å². The number of hydrogen-bond acceptors (Lipinski definition) is 4. The first-order chi connectivity index (χ1) is 16.2. The van der Waals surface area contributed by atoms with Crippen LogP contribution in [0, 0.1) is 0 Å². The Bertz CT molecular complexity index is 1080. The summed E-state index contributed by atoms with van der Waals surface area (Å²) >= 11 is 0. The van der Waals surface area contributed by atoms with Gasteiger partial charge in [-0.25, -0.2) is 4.68 Å². The van der Waals surface area contributed by atoms with Crippen LogP contribution in [0.25, 0.3) is 11.3 Å². The first-order valence-corrected chi connectivity index (χ1v) is 11.8. The van der Waals surface area contributed by atoms with Crippen LogP contribution in [0.1, 0.15) is 17.5 Å². The minimum atomic E-state index is 0.253. The van der Waals surface area contributed by atoms with E-state index in [0.717, 1.165) is 57.9 Å². The molecular formula is C27H31N5O. The topological polar surface area (TPSA) is 44.6 Å². The van der Waals surface area contributed by atoms with Gasteiger partial charge >= 0.3 is 0 Å². The Kier molecular flexibility index (Phi) is 6.65. The Hall–Kier alpha value is -3.22. The number of carbonyl (C=O) groups is 1. The fourth-order valence-corrected chi connectivity index (χ4v) is 4.62. The van der Waals surface area contributed by atoms with Gasteiger partial charge in [0.15, 0.2) is 0 Å². The van der Waals surface area contributed by atoms with E-state index < -0.39 is 0 Å². The highest BCUT2D eigenvalue weighted by molar-refractivity contribution is 5.78. The Morgan fingerprint density at radius 2 is 1.58 bits per heavy atom. The van der Waals surface area contributed by atoms with Crippen LogP contribution in [-0.2, 0) is 11.3 Å². The van der Waals surface area contributed by atoms with Crippen molar-refractivity contribution < 1.29 is 4.79 Å². The molecule has 2 aliphatic rings. The zero-order chi connectivity index (χ0) is 22.5. The summed E-state index contributed by atoms with van der Waals surface area (Å²) in [6.07, 6.45) is 7.23. The number of aromatic nitrogens is 2. The normalized spacial score (nSPS) is 17.7. The molecule has 0 N–H and O–H groups in total. The highest BCUT2D eigenvalue weighted by Crippen LogP contribution is 2.23. The summed E-state index contributed by atoms with van der Waals surface area (Å²) in [6.45, 7) is 6.70. The second kappa shape index (κ2) is 10.1. The smallest absolute Gasteiger partial charge is 0.236 e. The molecule has 2 aromatic carbocycles. The molecule has 170 valence electrons. The van der Waals surface area contributed by atoms with Crippen LogP contribution in [0.3, 0.4) is 0 Å². The lowest BCUT2D eigenvalue weighted by Gasteiger charge is -2.36. The minimum absolute atomic E-state index is 0.253. The number of para-hydroxylation sites is 1. The van der Waals surface area contributed by atoms with Gasteiger partial charge in [0.1, 0.15) is 0 Å². The first-order valence-electron chi connectivity index (χ1n) is 11.8.